The number of aromatic carboxylic acids is 1. The van der Waals surface area contributed by atoms with E-state index < -0.39 is 5.97 Å². The van der Waals surface area contributed by atoms with Gasteiger partial charge >= 0.3 is 11.7 Å². The van der Waals surface area contributed by atoms with Crippen molar-refractivity contribution in [1.82, 2.24) is 9.13 Å². The predicted molar refractivity (Wildman–Crippen MR) is 47.0 cm³/mol. The average Bonchev–Trinajstić information content (AvgIpc) is 2.29. The molecular formula is C8H12N2O3. The van der Waals surface area contributed by atoms with Crippen LogP contribution >= 0.6 is 0 Å². The molecule has 0 aliphatic rings. The van der Waals surface area contributed by atoms with Gasteiger partial charge in [-0.25, -0.2) is 9.59 Å². The van der Waals surface area contributed by atoms with E-state index in [1.165, 1.54) is 17.8 Å². The van der Waals surface area contributed by atoms with E-state index in [9.17, 15) is 9.59 Å². The van der Waals surface area contributed by atoms with Gasteiger partial charge in [0.25, 0.3) is 0 Å². The van der Waals surface area contributed by atoms with E-state index in [0.717, 1.165) is 4.57 Å². The van der Waals surface area contributed by atoms with Crippen LogP contribution in [0.5, 0.6) is 0 Å². The number of rotatable bonds is 2. The van der Waals surface area contributed by atoms with Gasteiger partial charge in [0.1, 0.15) is 5.69 Å². The van der Waals surface area contributed by atoms with E-state index >= 15 is 0 Å². The molecule has 0 atom stereocenters. The summed E-state index contributed by atoms with van der Waals surface area (Å²) in [5.74, 6) is -1.08. The largest absolute Gasteiger partial charge is 0.477 e. The minimum atomic E-state index is -1.08. The summed E-state index contributed by atoms with van der Waals surface area (Å²) in [5, 5.41) is 8.71. The lowest BCUT2D eigenvalue weighted by atomic mass is 10.4. The highest BCUT2D eigenvalue weighted by Gasteiger charge is 2.14. The minimum absolute atomic E-state index is 0.0127. The number of carboxylic acid groups (broad SMARTS) is 1. The third-order valence-corrected chi connectivity index (χ3v) is 1.91. The van der Waals surface area contributed by atoms with Crippen LogP contribution in [0.15, 0.2) is 11.0 Å². The zero-order valence-electron chi connectivity index (χ0n) is 7.81. The molecule has 1 heterocycles. The first kappa shape index (κ1) is 9.57. The first-order valence-electron chi connectivity index (χ1n) is 3.96. The molecule has 1 aromatic heterocycles. The SMILES string of the molecule is CC(C)n1cc(C(=O)O)n(C)c1=O. The Bertz CT molecular complexity index is 387. The Morgan fingerprint density at radius 3 is 2.31 bits per heavy atom. The summed E-state index contributed by atoms with van der Waals surface area (Å²) in [6, 6.07) is -0.0215. The van der Waals surface area contributed by atoms with Gasteiger partial charge in [0, 0.05) is 19.3 Å². The van der Waals surface area contributed by atoms with E-state index in [1.54, 1.807) is 0 Å². The molecule has 0 aromatic carbocycles. The highest BCUT2D eigenvalue weighted by atomic mass is 16.4. The Kier molecular flexibility index (Phi) is 2.27. The van der Waals surface area contributed by atoms with Crippen LogP contribution in [-0.4, -0.2) is 20.2 Å². The molecule has 0 fully saturated rings. The third kappa shape index (κ3) is 1.49. The molecule has 72 valence electrons. The van der Waals surface area contributed by atoms with Crippen LogP contribution in [0, 0.1) is 0 Å². The van der Waals surface area contributed by atoms with Crippen molar-refractivity contribution in [2.45, 2.75) is 19.9 Å². The van der Waals surface area contributed by atoms with Gasteiger partial charge in [-0.2, -0.15) is 0 Å². The Balaban J connectivity index is 3.37. The molecule has 0 saturated carbocycles. The fraction of sp³-hybridized carbons (Fsp3) is 0.500. The Labute approximate surface area is 75.2 Å². The molecular weight excluding hydrogens is 172 g/mol. The summed E-state index contributed by atoms with van der Waals surface area (Å²) in [6.07, 6.45) is 1.36. The van der Waals surface area contributed by atoms with Crippen LogP contribution in [0.3, 0.4) is 0 Å². The predicted octanol–water partition coefficient (Wildman–Crippen LogP) is 0.466. The number of imidazole rings is 1. The first-order valence-corrected chi connectivity index (χ1v) is 3.96. The maximum atomic E-state index is 11.4. The fourth-order valence-corrected chi connectivity index (χ4v) is 1.12. The monoisotopic (exact) mass is 184 g/mol. The number of hydrogen-bond donors (Lipinski definition) is 1. The van der Waals surface area contributed by atoms with E-state index in [1.807, 2.05) is 13.8 Å². The smallest absolute Gasteiger partial charge is 0.354 e. The minimum Gasteiger partial charge on any atom is -0.477 e. The molecule has 0 bridgehead atoms. The van der Waals surface area contributed by atoms with Crippen molar-refractivity contribution in [2.24, 2.45) is 7.05 Å². The molecule has 0 radical (unpaired) electrons. The van der Waals surface area contributed by atoms with Crippen LogP contribution in [0.1, 0.15) is 30.4 Å². The van der Waals surface area contributed by atoms with Crippen LogP contribution in [0.4, 0.5) is 0 Å². The average molecular weight is 184 g/mol. The number of nitrogens with zero attached hydrogens (tertiary/aromatic N) is 2. The van der Waals surface area contributed by atoms with Gasteiger partial charge in [0.2, 0.25) is 0 Å². The van der Waals surface area contributed by atoms with Gasteiger partial charge in [0.05, 0.1) is 0 Å². The Morgan fingerprint density at radius 1 is 1.54 bits per heavy atom. The van der Waals surface area contributed by atoms with Crippen LogP contribution in [-0.2, 0) is 7.05 Å². The zero-order chi connectivity index (χ0) is 10.2. The van der Waals surface area contributed by atoms with Gasteiger partial charge in [-0.15, -0.1) is 0 Å². The van der Waals surface area contributed by atoms with E-state index in [2.05, 4.69) is 0 Å². The molecule has 1 rings (SSSR count). The van der Waals surface area contributed by atoms with E-state index in [-0.39, 0.29) is 17.4 Å². The van der Waals surface area contributed by atoms with Crippen molar-refractivity contribution in [3.05, 3.63) is 22.4 Å². The molecule has 0 saturated heterocycles. The van der Waals surface area contributed by atoms with Gasteiger partial charge < -0.3 is 5.11 Å². The standard InChI is InChI=1S/C8H12N2O3/c1-5(2)10-4-6(7(11)12)9(3)8(10)13/h4-5H,1-3H3,(H,11,12). The van der Waals surface area contributed by atoms with Crippen molar-refractivity contribution in [1.29, 1.82) is 0 Å². The highest BCUT2D eigenvalue weighted by Crippen LogP contribution is 2.03. The van der Waals surface area contributed by atoms with E-state index in [0.29, 0.717) is 0 Å². The molecule has 0 spiro atoms. The second-order valence-corrected chi connectivity index (χ2v) is 3.16. The molecule has 0 aliphatic heterocycles. The summed E-state index contributed by atoms with van der Waals surface area (Å²) < 4.78 is 2.52. The zero-order valence-corrected chi connectivity index (χ0v) is 7.81. The molecule has 0 aliphatic carbocycles. The fourth-order valence-electron chi connectivity index (χ4n) is 1.12. The van der Waals surface area contributed by atoms with Crippen molar-refractivity contribution in [3.8, 4) is 0 Å². The van der Waals surface area contributed by atoms with Crippen molar-refractivity contribution >= 4 is 5.97 Å². The molecule has 13 heavy (non-hydrogen) atoms. The number of hydrogen-bond acceptors (Lipinski definition) is 2. The van der Waals surface area contributed by atoms with Crippen LogP contribution < -0.4 is 5.69 Å². The van der Waals surface area contributed by atoms with Crippen molar-refractivity contribution in [3.63, 3.8) is 0 Å². The number of carboxylic acids is 1. The van der Waals surface area contributed by atoms with Crippen LogP contribution in [0.25, 0.3) is 0 Å². The molecule has 0 unspecified atom stereocenters. The topological polar surface area (TPSA) is 64.2 Å². The van der Waals surface area contributed by atoms with Gasteiger partial charge in [-0.1, -0.05) is 0 Å². The Hall–Kier alpha value is -1.52. The second-order valence-electron chi connectivity index (χ2n) is 3.16. The lowest BCUT2D eigenvalue weighted by Gasteiger charge is -2.02. The van der Waals surface area contributed by atoms with E-state index in [4.69, 9.17) is 5.11 Å². The maximum Gasteiger partial charge on any atom is 0.354 e. The quantitative estimate of drug-likeness (QED) is 0.726. The van der Waals surface area contributed by atoms with Gasteiger partial charge in [0.15, 0.2) is 0 Å². The number of carbonyl (C=O) groups is 1. The van der Waals surface area contributed by atoms with Crippen molar-refractivity contribution in [2.75, 3.05) is 0 Å². The van der Waals surface area contributed by atoms with Gasteiger partial charge in [-0.05, 0) is 13.8 Å². The van der Waals surface area contributed by atoms with Gasteiger partial charge in [-0.3, -0.25) is 9.13 Å². The second kappa shape index (κ2) is 3.08. The lowest BCUT2D eigenvalue weighted by Crippen LogP contribution is -2.24. The summed E-state index contributed by atoms with van der Waals surface area (Å²) in [6.45, 7) is 3.65. The van der Waals surface area contributed by atoms with Crippen molar-refractivity contribution < 1.29 is 9.90 Å². The number of aromatic nitrogens is 2. The summed E-state index contributed by atoms with van der Waals surface area (Å²) >= 11 is 0. The molecule has 5 heteroatoms. The normalized spacial score (nSPS) is 10.8. The molecule has 1 aromatic rings. The Morgan fingerprint density at radius 2 is 2.08 bits per heavy atom. The third-order valence-electron chi connectivity index (χ3n) is 1.91. The maximum absolute atomic E-state index is 11.4. The summed E-state index contributed by atoms with van der Waals surface area (Å²) in [7, 11) is 1.45. The molecule has 1 N–H and O–H groups in total. The molecule has 0 amide bonds. The molecule has 5 nitrogen and oxygen atoms in total. The summed E-state index contributed by atoms with van der Waals surface area (Å²) in [5.41, 5.74) is -0.286. The highest BCUT2D eigenvalue weighted by molar-refractivity contribution is 5.85. The first-order chi connectivity index (χ1) is 5.95. The summed E-state index contributed by atoms with van der Waals surface area (Å²) in [4.78, 5) is 22.0. The van der Waals surface area contributed by atoms with Crippen LogP contribution in [0.2, 0.25) is 0 Å². The lowest BCUT2D eigenvalue weighted by molar-refractivity contribution is 0.0686.